The molecule has 0 spiro atoms. The first-order valence-electron chi connectivity index (χ1n) is 7.45. The Balaban J connectivity index is 1.50. The lowest BCUT2D eigenvalue weighted by Gasteiger charge is -2.20. The predicted molar refractivity (Wildman–Crippen MR) is 80.5 cm³/mol. The zero-order chi connectivity index (χ0) is 14.8. The summed E-state index contributed by atoms with van der Waals surface area (Å²) < 4.78 is 24.5. The second kappa shape index (κ2) is 6.34. The van der Waals surface area contributed by atoms with Gasteiger partial charge in [0.15, 0.2) is 0 Å². The fourth-order valence-electron chi connectivity index (χ4n) is 3.80. The number of alkyl halides is 2. The van der Waals surface area contributed by atoms with E-state index in [4.69, 9.17) is 0 Å². The van der Waals surface area contributed by atoms with E-state index in [9.17, 15) is 13.6 Å². The Morgan fingerprint density at radius 1 is 1.24 bits per heavy atom. The second-order valence-corrected chi connectivity index (χ2v) is 7.15. The summed E-state index contributed by atoms with van der Waals surface area (Å²) in [5, 5.41) is 2.87. The zero-order valence-corrected chi connectivity index (χ0v) is 12.5. The molecule has 2 saturated carbocycles. The summed E-state index contributed by atoms with van der Waals surface area (Å²) in [4.78, 5) is 12.6. The number of nitrogens with one attached hydrogen (secondary N) is 1. The molecule has 5 heteroatoms. The maximum atomic E-state index is 12.2. The van der Waals surface area contributed by atoms with Crippen LogP contribution in [0.2, 0.25) is 0 Å². The van der Waals surface area contributed by atoms with E-state index >= 15 is 0 Å². The minimum Gasteiger partial charge on any atom is -0.326 e. The van der Waals surface area contributed by atoms with Crippen molar-refractivity contribution in [1.82, 2.24) is 0 Å². The fourth-order valence-corrected chi connectivity index (χ4v) is 4.30. The number of amides is 1. The molecule has 0 radical (unpaired) electrons. The minimum atomic E-state index is -2.41. The number of anilines is 1. The molecule has 0 aromatic heterocycles. The van der Waals surface area contributed by atoms with Gasteiger partial charge in [0, 0.05) is 17.0 Å². The summed E-state index contributed by atoms with van der Waals surface area (Å²) in [5.41, 5.74) is 0.682. The van der Waals surface area contributed by atoms with Crippen LogP contribution in [0.4, 0.5) is 14.5 Å². The Hall–Kier alpha value is -1.10. The van der Waals surface area contributed by atoms with Gasteiger partial charge in [0.25, 0.3) is 5.76 Å². The summed E-state index contributed by atoms with van der Waals surface area (Å²) in [5.74, 6) is -0.244. The summed E-state index contributed by atoms with van der Waals surface area (Å²) >= 11 is 0.514. The third kappa shape index (κ3) is 3.76. The highest BCUT2D eigenvalue weighted by atomic mass is 32.2. The highest BCUT2D eigenvalue weighted by Crippen LogP contribution is 2.49. The molecule has 2 aliphatic carbocycles. The van der Waals surface area contributed by atoms with Crippen LogP contribution in [-0.2, 0) is 4.79 Å². The molecule has 2 fully saturated rings. The van der Waals surface area contributed by atoms with Gasteiger partial charge >= 0.3 is 0 Å². The smallest absolute Gasteiger partial charge is 0.288 e. The summed E-state index contributed by atoms with van der Waals surface area (Å²) in [6, 6.07) is 6.60. The molecule has 0 aliphatic heterocycles. The number of rotatable bonds is 5. The van der Waals surface area contributed by atoms with Crippen LogP contribution in [0.25, 0.3) is 0 Å². The Morgan fingerprint density at radius 3 is 2.57 bits per heavy atom. The van der Waals surface area contributed by atoms with Gasteiger partial charge in [-0.25, -0.2) is 0 Å². The number of benzene rings is 1. The van der Waals surface area contributed by atoms with E-state index in [-0.39, 0.29) is 5.91 Å². The molecule has 3 rings (SSSR count). The summed E-state index contributed by atoms with van der Waals surface area (Å²) in [6.07, 6.45) is 5.71. The van der Waals surface area contributed by atoms with Gasteiger partial charge in [0.1, 0.15) is 0 Å². The lowest BCUT2D eigenvalue weighted by molar-refractivity contribution is -0.117. The average Bonchev–Trinajstić information content (AvgIpc) is 3.02. The minimum absolute atomic E-state index is 0.0433. The van der Waals surface area contributed by atoms with Gasteiger partial charge in [-0.05, 0) is 61.3 Å². The van der Waals surface area contributed by atoms with Crippen LogP contribution in [0.3, 0.4) is 0 Å². The van der Waals surface area contributed by atoms with Gasteiger partial charge in [-0.15, -0.1) is 0 Å². The van der Waals surface area contributed by atoms with E-state index in [2.05, 4.69) is 5.32 Å². The molecule has 1 N–H and O–H groups in total. The molecule has 1 aromatic rings. The Bertz CT molecular complexity index is 506. The van der Waals surface area contributed by atoms with Gasteiger partial charge < -0.3 is 5.32 Å². The van der Waals surface area contributed by atoms with Gasteiger partial charge in [-0.1, -0.05) is 18.2 Å². The SMILES string of the molecule is O=C(C[C@H]1C[C@H]2CC[C@@H]1C2)Nc1ccc(SC(F)F)cc1. The van der Waals surface area contributed by atoms with Crippen LogP contribution in [0.5, 0.6) is 0 Å². The van der Waals surface area contributed by atoms with Crippen LogP contribution >= 0.6 is 11.8 Å². The number of hydrogen-bond donors (Lipinski definition) is 1. The van der Waals surface area contributed by atoms with Crippen molar-refractivity contribution in [3.8, 4) is 0 Å². The largest absolute Gasteiger partial charge is 0.326 e. The molecule has 114 valence electrons. The van der Waals surface area contributed by atoms with Crippen LogP contribution < -0.4 is 5.32 Å². The molecule has 1 aromatic carbocycles. The molecule has 2 bridgehead atoms. The molecule has 3 atom stereocenters. The zero-order valence-electron chi connectivity index (χ0n) is 11.7. The first kappa shape index (κ1) is 14.8. The summed E-state index contributed by atoms with van der Waals surface area (Å²) in [7, 11) is 0. The van der Waals surface area contributed by atoms with E-state index in [1.165, 1.54) is 25.7 Å². The average molecular weight is 311 g/mol. The number of carbonyl (C=O) groups excluding carboxylic acids is 1. The number of halogens is 2. The molecule has 0 saturated heterocycles. The molecule has 0 unspecified atom stereocenters. The molecule has 2 aliphatic rings. The van der Waals surface area contributed by atoms with Gasteiger partial charge in [-0.2, -0.15) is 8.78 Å². The van der Waals surface area contributed by atoms with E-state index in [0.717, 1.165) is 11.8 Å². The summed E-state index contributed by atoms with van der Waals surface area (Å²) in [6.45, 7) is 0. The molecule has 21 heavy (non-hydrogen) atoms. The van der Waals surface area contributed by atoms with Crippen molar-refractivity contribution >= 4 is 23.4 Å². The second-order valence-electron chi connectivity index (χ2n) is 6.09. The van der Waals surface area contributed by atoms with Crippen molar-refractivity contribution in [2.24, 2.45) is 17.8 Å². The molecule has 1 amide bonds. The van der Waals surface area contributed by atoms with E-state index in [1.807, 2.05) is 0 Å². The first-order chi connectivity index (χ1) is 10.1. The fraction of sp³-hybridized carbons (Fsp3) is 0.562. The highest BCUT2D eigenvalue weighted by molar-refractivity contribution is 7.99. The highest BCUT2D eigenvalue weighted by Gasteiger charge is 2.40. The topological polar surface area (TPSA) is 29.1 Å². The van der Waals surface area contributed by atoms with Crippen molar-refractivity contribution in [3.63, 3.8) is 0 Å². The third-order valence-electron chi connectivity index (χ3n) is 4.70. The van der Waals surface area contributed by atoms with Gasteiger partial charge in [0.2, 0.25) is 5.91 Å². The molecule has 0 heterocycles. The van der Waals surface area contributed by atoms with E-state index in [0.29, 0.717) is 34.7 Å². The van der Waals surface area contributed by atoms with Gasteiger partial charge in [0.05, 0.1) is 0 Å². The maximum Gasteiger partial charge on any atom is 0.288 e. The Labute approximate surface area is 127 Å². The number of carbonyl (C=O) groups is 1. The first-order valence-corrected chi connectivity index (χ1v) is 8.33. The van der Waals surface area contributed by atoms with Crippen LogP contribution in [-0.4, -0.2) is 11.7 Å². The number of fused-ring (bicyclic) bond motifs is 2. The molecule has 2 nitrogen and oxygen atoms in total. The lowest BCUT2D eigenvalue weighted by Crippen LogP contribution is -2.20. The normalized spacial score (nSPS) is 27.3. The van der Waals surface area contributed by atoms with Crippen LogP contribution in [0, 0.1) is 17.8 Å². The van der Waals surface area contributed by atoms with E-state index < -0.39 is 5.76 Å². The van der Waals surface area contributed by atoms with Crippen molar-refractivity contribution in [2.75, 3.05) is 5.32 Å². The Morgan fingerprint density at radius 2 is 2.00 bits per heavy atom. The Kier molecular flexibility index (Phi) is 4.48. The quantitative estimate of drug-likeness (QED) is 0.794. The van der Waals surface area contributed by atoms with Crippen molar-refractivity contribution in [3.05, 3.63) is 24.3 Å². The standard InChI is InChI=1S/C16H19F2NOS/c17-16(18)21-14-5-3-13(4-6-14)19-15(20)9-12-8-10-1-2-11(12)7-10/h3-6,10-12,16H,1-2,7-9H2,(H,19,20)/t10-,11+,12+/m0/s1. The third-order valence-corrected chi connectivity index (χ3v) is 5.42. The maximum absolute atomic E-state index is 12.2. The van der Waals surface area contributed by atoms with Crippen molar-refractivity contribution in [1.29, 1.82) is 0 Å². The number of hydrogen-bond acceptors (Lipinski definition) is 2. The van der Waals surface area contributed by atoms with Crippen molar-refractivity contribution < 1.29 is 13.6 Å². The molecular weight excluding hydrogens is 292 g/mol. The van der Waals surface area contributed by atoms with Crippen LogP contribution in [0.15, 0.2) is 29.2 Å². The molecular formula is C16H19F2NOS. The monoisotopic (exact) mass is 311 g/mol. The van der Waals surface area contributed by atoms with E-state index in [1.54, 1.807) is 24.3 Å². The predicted octanol–water partition coefficient (Wildman–Crippen LogP) is 4.77. The van der Waals surface area contributed by atoms with Crippen molar-refractivity contribution in [2.45, 2.75) is 42.8 Å². The lowest BCUT2D eigenvalue weighted by atomic mass is 9.86. The van der Waals surface area contributed by atoms with Crippen LogP contribution in [0.1, 0.15) is 32.1 Å². The number of thioether (sulfide) groups is 1. The van der Waals surface area contributed by atoms with Gasteiger partial charge in [-0.3, -0.25) is 4.79 Å².